The van der Waals surface area contributed by atoms with Gasteiger partial charge in [-0.2, -0.15) is 0 Å². The first-order valence-corrected chi connectivity index (χ1v) is 6.13. The summed E-state index contributed by atoms with van der Waals surface area (Å²) in [5.41, 5.74) is 1.26. The number of halogens is 1. The standard InChI is InChI=1S/C14H16FNO3/c15-13-8-16(7-6-12(13)9-17)14(18)19-10-11-4-2-1-3-5-11/h1-5,17H,6-10H2. The minimum atomic E-state index is -0.531. The molecular weight excluding hydrogens is 249 g/mol. The molecule has 0 fully saturated rings. The number of ether oxygens (including phenoxy) is 1. The summed E-state index contributed by atoms with van der Waals surface area (Å²) in [6.07, 6.45) is -0.182. The fraction of sp³-hybridized carbons (Fsp3) is 0.357. The van der Waals surface area contributed by atoms with Crippen molar-refractivity contribution >= 4 is 6.09 Å². The van der Waals surface area contributed by atoms with Gasteiger partial charge in [0.15, 0.2) is 0 Å². The third kappa shape index (κ3) is 3.54. The molecule has 0 unspecified atom stereocenters. The molecule has 19 heavy (non-hydrogen) atoms. The van der Waals surface area contributed by atoms with Gasteiger partial charge >= 0.3 is 6.09 Å². The maximum atomic E-state index is 13.5. The molecule has 1 N–H and O–H groups in total. The number of carbonyl (C=O) groups excluding carboxylic acids is 1. The highest BCUT2D eigenvalue weighted by atomic mass is 19.1. The molecule has 0 saturated heterocycles. The summed E-state index contributed by atoms with van der Waals surface area (Å²) in [4.78, 5) is 13.1. The lowest BCUT2D eigenvalue weighted by Crippen LogP contribution is -2.37. The van der Waals surface area contributed by atoms with E-state index in [4.69, 9.17) is 9.84 Å². The summed E-state index contributed by atoms with van der Waals surface area (Å²) >= 11 is 0. The zero-order valence-corrected chi connectivity index (χ0v) is 10.5. The molecule has 5 heteroatoms. The highest BCUT2D eigenvalue weighted by Gasteiger charge is 2.23. The monoisotopic (exact) mass is 265 g/mol. The zero-order chi connectivity index (χ0) is 13.7. The summed E-state index contributed by atoms with van der Waals surface area (Å²) in [6.45, 7) is 0.132. The van der Waals surface area contributed by atoms with Crippen molar-refractivity contribution in [2.75, 3.05) is 19.7 Å². The van der Waals surface area contributed by atoms with Crippen molar-refractivity contribution < 1.29 is 19.0 Å². The van der Waals surface area contributed by atoms with Gasteiger partial charge < -0.3 is 14.7 Å². The van der Waals surface area contributed by atoms with E-state index in [0.29, 0.717) is 18.5 Å². The minimum absolute atomic E-state index is 0.122. The molecule has 1 aromatic carbocycles. The van der Waals surface area contributed by atoms with Crippen molar-refractivity contribution in [3.8, 4) is 0 Å². The van der Waals surface area contributed by atoms with Crippen molar-refractivity contribution in [1.29, 1.82) is 0 Å². The van der Waals surface area contributed by atoms with Crippen molar-refractivity contribution in [2.45, 2.75) is 13.0 Å². The van der Waals surface area contributed by atoms with E-state index in [1.165, 1.54) is 4.90 Å². The van der Waals surface area contributed by atoms with Gasteiger partial charge in [0.1, 0.15) is 12.4 Å². The fourth-order valence-corrected chi connectivity index (χ4v) is 1.90. The Kier molecular flexibility index (Phi) is 4.52. The molecule has 1 aromatic rings. The van der Waals surface area contributed by atoms with Crippen LogP contribution in [0, 0.1) is 0 Å². The lowest BCUT2D eigenvalue weighted by molar-refractivity contribution is 0.0944. The highest BCUT2D eigenvalue weighted by Crippen LogP contribution is 2.19. The third-order valence-corrected chi connectivity index (χ3v) is 3.05. The Morgan fingerprint density at radius 1 is 1.37 bits per heavy atom. The predicted octanol–water partition coefficient (Wildman–Crippen LogP) is 2.24. The van der Waals surface area contributed by atoms with Crippen LogP contribution >= 0.6 is 0 Å². The maximum Gasteiger partial charge on any atom is 0.410 e. The Balaban J connectivity index is 1.87. The number of hydrogen-bond donors (Lipinski definition) is 1. The molecule has 1 aliphatic heterocycles. The average molecular weight is 265 g/mol. The maximum absolute atomic E-state index is 13.5. The van der Waals surface area contributed by atoms with Gasteiger partial charge in [-0.05, 0) is 17.6 Å². The summed E-state index contributed by atoms with van der Waals surface area (Å²) in [7, 11) is 0. The van der Waals surface area contributed by atoms with Gasteiger partial charge in [-0.3, -0.25) is 0 Å². The van der Waals surface area contributed by atoms with Crippen LogP contribution in [0.1, 0.15) is 12.0 Å². The number of aliphatic hydroxyl groups is 1. The largest absolute Gasteiger partial charge is 0.445 e. The van der Waals surface area contributed by atoms with E-state index in [-0.39, 0.29) is 19.8 Å². The van der Waals surface area contributed by atoms with Gasteiger partial charge in [-0.25, -0.2) is 9.18 Å². The predicted molar refractivity (Wildman–Crippen MR) is 68.0 cm³/mol. The first-order valence-electron chi connectivity index (χ1n) is 6.13. The van der Waals surface area contributed by atoms with E-state index >= 15 is 0 Å². The summed E-state index contributed by atoms with van der Waals surface area (Å²) < 4.78 is 18.6. The fourth-order valence-electron chi connectivity index (χ4n) is 1.90. The smallest absolute Gasteiger partial charge is 0.410 e. The molecular formula is C14H16FNO3. The number of nitrogens with zero attached hydrogens (tertiary/aromatic N) is 1. The first-order chi connectivity index (χ1) is 9.20. The SMILES string of the molecule is O=C(OCc1ccccc1)N1CCC(CO)=C(F)C1. The highest BCUT2D eigenvalue weighted by molar-refractivity contribution is 5.68. The molecule has 0 atom stereocenters. The van der Waals surface area contributed by atoms with E-state index in [9.17, 15) is 9.18 Å². The number of hydrogen-bond acceptors (Lipinski definition) is 3. The van der Waals surface area contributed by atoms with Crippen LogP contribution < -0.4 is 0 Å². The van der Waals surface area contributed by atoms with Crippen molar-refractivity contribution in [2.24, 2.45) is 0 Å². The molecule has 4 nitrogen and oxygen atoms in total. The first kappa shape index (κ1) is 13.5. The molecule has 0 spiro atoms. The Bertz CT molecular complexity index is 473. The molecule has 0 radical (unpaired) electrons. The van der Waals surface area contributed by atoms with Crippen LogP contribution in [0.15, 0.2) is 41.7 Å². The minimum Gasteiger partial charge on any atom is -0.445 e. The molecule has 1 amide bonds. The van der Waals surface area contributed by atoms with Gasteiger partial charge in [0.25, 0.3) is 0 Å². The lowest BCUT2D eigenvalue weighted by atomic mass is 10.1. The second-order valence-corrected chi connectivity index (χ2v) is 4.38. The van der Waals surface area contributed by atoms with Gasteiger partial charge in [-0.15, -0.1) is 0 Å². The molecule has 1 heterocycles. The Labute approximate surface area is 111 Å². The quantitative estimate of drug-likeness (QED) is 0.912. The molecule has 0 bridgehead atoms. The second kappa shape index (κ2) is 6.33. The molecule has 0 aromatic heterocycles. The molecule has 2 rings (SSSR count). The Morgan fingerprint density at radius 2 is 2.11 bits per heavy atom. The van der Waals surface area contributed by atoms with Crippen LogP contribution in [-0.2, 0) is 11.3 Å². The van der Waals surface area contributed by atoms with E-state index in [1.54, 1.807) is 0 Å². The van der Waals surface area contributed by atoms with Crippen LogP contribution in [0.2, 0.25) is 0 Å². The number of carbonyl (C=O) groups is 1. The van der Waals surface area contributed by atoms with Gasteiger partial charge in [-0.1, -0.05) is 30.3 Å². The average Bonchev–Trinajstić information content (AvgIpc) is 2.45. The number of rotatable bonds is 3. The Hall–Kier alpha value is -1.88. The molecule has 0 aliphatic carbocycles. The van der Waals surface area contributed by atoms with Crippen LogP contribution in [0.5, 0.6) is 0 Å². The molecule has 102 valence electrons. The van der Waals surface area contributed by atoms with Crippen LogP contribution in [0.4, 0.5) is 9.18 Å². The number of benzene rings is 1. The number of amides is 1. The van der Waals surface area contributed by atoms with Crippen LogP contribution in [0.25, 0.3) is 0 Å². The van der Waals surface area contributed by atoms with E-state index in [0.717, 1.165) is 5.56 Å². The number of aliphatic hydroxyl groups excluding tert-OH is 1. The van der Waals surface area contributed by atoms with E-state index < -0.39 is 11.9 Å². The van der Waals surface area contributed by atoms with E-state index in [2.05, 4.69) is 0 Å². The summed E-state index contributed by atoms with van der Waals surface area (Å²) in [6, 6.07) is 9.31. The van der Waals surface area contributed by atoms with Crippen molar-refractivity contribution in [3.63, 3.8) is 0 Å². The van der Waals surface area contributed by atoms with Crippen LogP contribution in [-0.4, -0.2) is 35.8 Å². The topological polar surface area (TPSA) is 49.8 Å². The lowest BCUT2D eigenvalue weighted by Gasteiger charge is -2.26. The van der Waals surface area contributed by atoms with Crippen molar-refractivity contribution in [1.82, 2.24) is 4.90 Å². The normalized spacial score (nSPS) is 15.6. The molecule has 1 aliphatic rings. The van der Waals surface area contributed by atoms with Gasteiger partial charge in [0, 0.05) is 6.54 Å². The molecule has 0 saturated carbocycles. The Morgan fingerprint density at radius 3 is 2.74 bits per heavy atom. The van der Waals surface area contributed by atoms with Gasteiger partial charge in [0.05, 0.1) is 13.2 Å². The third-order valence-electron chi connectivity index (χ3n) is 3.05. The zero-order valence-electron chi connectivity index (χ0n) is 10.5. The van der Waals surface area contributed by atoms with E-state index in [1.807, 2.05) is 30.3 Å². The van der Waals surface area contributed by atoms with Crippen LogP contribution in [0.3, 0.4) is 0 Å². The van der Waals surface area contributed by atoms with Crippen molar-refractivity contribution in [3.05, 3.63) is 47.3 Å². The second-order valence-electron chi connectivity index (χ2n) is 4.38. The summed E-state index contributed by atoms with van der Waals surface area (Å²) in [5, 5.41) is 8.91. The van der Waals surface area contributed by atoms with Gasteiger partial charge in [0.2, 0.25) is 0 Å². The summed E-state index contributed by atoms with van der Waals surface area (Å²) in [5.74, 6) is -0.439.